The second kappa shape index (κ2) is 7.19. The Hall–Kier alpha value is -1.69. The molecule has 0 radical (unpaired) electrons. The van der Waals surface area contributed by atoms with Gasteiger partial charge < -0.3 is 10.2 Å². The van der Waals surface area contributed by atoms with E-state index >= 15 is 0 Å². The molecule has 1 aromatic rings. The van der Waals surface area contributed by atoms with Crippen LogP contribution in [-0.4, -0.2) is 53.2 Å². The SMILES string of the molecule is CN(C)C/C=C/C(=O)NCCCc1nc(C2CC2)n[nH]1. The molecule has 0 aromatic carbocycles. The average Bonchev–Trinajstić information content (AvgIpc) is 3.14. The Morgan fingerprint density at radius 1 is 1.50 bits per heavy atom. The van der Waals surface area contributed by atoms with Crippen molar-refractivity contribution in [3.05, 3.63) is 23.8 Å². The number of carbonyl (C=O) groups is 1. The molecule has 0 spiro atoms. The Labute approximate surface area is 119 Å². The summed E-state index contributed by atoms with van der Waals surface area (Å²) in [5, 5.41) is 10.0. The molecule has 0 atom stereocenters. The fraction of sp³-hybridized carbons (Fsp3) is 0.643. The first kappa shape index (κ1) is 14.7. The fourth-order valence-corrected chi connectivity index (χ4v) is 1.84. The fourth-order valence-electron chi connectivity index (χ4n) is 1.84. The molecular formula is C14H23N5O. The van der Waals surface area contributed by atoms with Gasteiger partial charge in [0.15, 0.2) is 5.82 Å². The van der Waals surface area contributed by atoms with E-state index in [2.05, 4.69) is 20.5 Å². The lowest BCUT2D eigenvalue weighted by Crippen LogP contribution is -2.23. The van der Waals surface area contributed by atoms with Crippen LogP contribution in [0.1, 0.15) is 36.8 Å². The topological polar surface area (TPSA) is 73.9 Å². The molecule has 1 aliphatic carbocycles. The van der Waals surface area contributed by atoms with Gasteiger partial charge in [-0.1, -0.05) is 6.08 Å². The van der Waals surface area contributed by atoms with Crippen LogP contribution in [0, 0.1) is 0 Å². The first-order valence-electron chi connectivity index (χ1n) is 7.15. The molecule has 20 heavy (non-hydrogen) atoms. The van der Waals surface area contributed by atoms with Crippen molar-refractivity contribution in [2.24, 2.45) is 0 Å². The van der Waals surface area contributed by atoms with Crippen LogP contribution in [0.15, 0.2) is 12.2 Å². The van der Waals surface area contributed by atoms with Gasteiger partial charge in [-0.3, -0.25) is 9.89 Å². The zero-order chi connectivity index (χ0) is 14.4. The second-order valence-electron chi connectivity index (χ2n) is 5.47. The van der Waals surface area contributed by atoms with E-state index in [0.717, 1.165) is 31.0 Å². The number of hydrogen-bond acceptors (Lipinski definition) is 4. The molecule has 0 bridgehead atoms. The van der Waals surface area contributed by atoms with Crippen LogP contribution in [0.3, 0.4) is 0 Å². The van der Waals surface area contributed by atoms with E-state index in [1.54, 1.807) is 6.08 Å². The Balaban J connectivity index is 1.58. The molecule has 0 aliphatic heterocycles. The number of rotatable bonds is 8. The van der Waals surface area contributed by atoms with E-state index in [1.807, 2.05) is 25.1 Å². The highest BCUT2D eigenvalue weighted by molar-refractivity contribution is 5.87. The normalized spacial score (nSPS) is 15.2. The van der Waals surface area contributed by atoms with Crippen LogP contribution in [0.5, 0.6) is 0 Å². The Bertz CT molecular complexity index is 462. The van der Waals surface area contributed by atoms with E-state index in [0.29, 0.717) is 12.5 Å². The highest BCUT2D eigenvalue weighted by Gasteiger charge is 2.27. The highest BCUT2D eigenvalue weighted by Crippen LogP contribution is 2.37. The maximum Gasteiger partial charge on any atom is 0.243 e. The summed E-state index contributed by atoms with van der Waals surface area (Å²) in [6.45, 7) is 1.43. The van der Waals surface area contributed by atoms with E-state index in [1.165, 1.54) is 12.8 Å². The van der Waals surface area contributed by atoms with Gasteiger partial charge in [-0.2, -0.15) is 5.10 Å². The molecule has 0 unspecified atom stereocenters. The monoisotopic (exact) mass is 277 g/mol. The van der Waals surface area contributed by atoms with Crippen LogP contribution < -0.4 is 5.32 Å². The van der Waals surface area contributed by atoms with Crippen LogP contribution in [0.4, 0.5) is 0 Å². The molecular weight excluding hydrogens is 254 g/mol. The minimum absolute atomic E-state index is 0.0388. The summed E-state index contributed by atoms with van der Waals surface area (Å²) >= 11 is 0. The van der Waals surface area contributed by atoms with Crippen molar-refractivity contribution in [3.63, 3.8) is 0 Å². The number of nitrogens with one attached hydrogen (secondary N) is 2. The minimum Gasteiger partial charge on any atom is -0.353 e. The molecule has 2 N–H and O–H groups in total. The zero-order valence-electron chi connectivity index (χ0n) is 12.2. The second-order valence-corrected chi connectivity index (χ2v) is 5.47. The highest BCUT2D eigenvalue weighted by atomic mass is 16.1. The third-order valence-corrected chi connectivity index (χ3v) is 3.12. The molecule has 2 rings (SSSR count). The molecule has 0 saturated heterocycles. The van der Waals surface area contributed by atoms with E-state index in [4.69, 9.17) is 0 Å². The number of H-pyrrole nitrogens is 1. The standard InChI is InChI=1S/C14H23N5O/c1-19(2)10-4-6-13(20)15-9-3-5-12-16-14(18-17-12)11-7-8-11/h4,6,11H,3,5,7-10H2,1-2H3,(H,15,20)(H,16,17,18)/b6-4+. The average molecular weight is 277 g/mol. The molecule has 110 valence electrons. The van der Waals surface area contributed by atoms with Crippen LogP contribution >= 0.6 is 0 Å². The lowest BCUT2D eigenvalue weighted by molar-refractivity contribution is -0.116. The van der Waals surface area contributed by atoms with Crippen molar-refractivity contribution in [2.45, 2.75) is 31.6 Å². The van der Waals surface area contributed by atoms with Crippen molar-refractivity contribution in [1.29, 1.82) is 0 Å². The molecule has 1 amide bonds. The molecule has 1 aliphatic rings. The van der Waals surface area contributed by atoms with Crippen molar-refractivity contribution in [3.8, 4) is 0 Å². The summed E-state index contributed by atoms with van der Waals surface area (Å²) in [5.41, 5.74) is 0. The Morgan fingerprint density at radius 2 is 2.30 bits per heavy atom. The summed E-state index contributed by atoms with van der Waals surface area (Å²) in [4.78, 5) is 17.9. The summed E-state index contributed by atoms with van der Waals surface area (Å²) in [6.07, 6.45) is 7.56. The quantitative estimate of drug-likeness (QED) is 0.546. The number of hydrogen-bond donors (Lipinski definition) is 2. The number of aromatic amines is 1. The van der Waals surface area contributed by atoms with Gasteiger partial charge in [0, 0.05) is 31.5 Å². The largest absolute Gasteiger partial charge is 0.353 e. The number of nitrogens with zero attached hydrogens (tertiary/aromatic N) is 3. The van der Waals surface area contributed by atoms with Crippen LogP contribution in [-0.2, 0) is 11.2 Å². The lowest BCUT2D eigenvalue weighted by atomic mass is 10.3. The first-order chi connectivity index (χ1) is 9.65. The van der Waals surface area contributed by atoms with Crippen molar-refractivity contribution in [1.82, 2.24) is 25.4 Å². The number of carbonyl (C=O) groups excluding carboxylic acids is 1. The van der Waals surface area contributed by atoms with Gasteiger partial charge in [0.25, 0.3) is 0 Å². The van der Waals surface area contributed by atoms with E-state index in [9.17, 15) is 4.79 Å². The summed E-state index contributed by atoms with van der Waals surface area (Å²) in [5.74, 6) is 2.42. The third kappa shape index (κ3) is 5.13. The summed E-state index contributed by atoms with van der Waals surface area (Å²) in [7, 11) is 3.94. The lowest BCUT2D eigenvalue weighted by Gasteiger charge is -2.04. The number of aryl methyl sites for hydroxylation is 1. The smallest absolute Gasteiger partial charge is 0.243 e. The maximum absolute atomic E-state index is 11.5. The maximum atomic E-state index is 11.5. The van der Waals surface area contributed by atoms with Gasteiger partial charge >= 0.3 is 0 Å². The zero-order valence-corrected chi connectivity index (χ0v) is 12.2. The van der Waals surface area contributed by atoms with Crippen molar-refractivity contribution < 1.29 is 4.79 Å². The van der Waals surface area contributed by atoms with Gasteiger partial charge in [-0.05, 0) is 33.4 Å². The summed E-state index contributed by atoms with van der Waals surface area (Å²) < 4.78 is 0. The Kier molecular flexibility index (Phi) is 5.29. The molecule has 6 heteroatoms. The first-order valence-corrected chi connectivity index (χ1v) is 7.15. The van der Waals surface area contributed by atoms with Gasteiger partial charge in [0.1, 0.15) is 5.82 Å². The van der Waals surface area contributed by atoms with Gasteiger partial charge in [-0.25, -0.2) is 4.98 Å². The van der Waals surface area contributed by atoms with Crippen molar-refractivity contribution in [2.75, 3.05) is 27.2 Å². The van der Waals surface area contributed by atoms with Crippen molar-refractivity contribution >= 4 is 5.91 Å². The molecule has 1 fully saturated rings. The number of amides is 1. The Morgan fingerprint density at radius 3 is 3.00 bits per heavy atom. The molecule has 6 nitrogen and oxygen atoms in total. The van der Waals surface area contributed by atoms with Crippen LogP contribution in [0.2, 0.25) is 0 Å². The molecule has 1 saturated carbocycles. The number of aromatic nitrogens is 3. The van der Waals surface area contributed by atoms with E-state index < -0.39 is 0 Å². The predicted molar refractivity (Wildman–Crippen MR) is 77.4 cm³/mol. The van der Waals surface area contributed by atoms with E-state index in [-0.39, 0.29) is 5.91 Å². The predicted octanol–water partition coefficient (Wildman–Crippen LogP) is 0.849. The molecule has 1 aromatic heterocycles. The number of likely N-dealkylation sites (N-methyl/N-ethyl adjacent to an activating group) is 1. The van der Waals surface area contributed by atoms with Crippen LogP contribution in [0.25, 0.3) is 0 Å². The van der Waals surface area contributed by atoms with Gasteiger partial charge in [-0.15, -0.1) is 0 Å². The van der Waals surface area contributed by atoms with Gasteiger partial charge in [0.2, 0.25) is 5.91 Å². The summed E-state index contributed by atoms with van der Waals surface area (Å²) in [6, 6.07) is 0. The molecule has 1 heterocycles. The third-order valence-electron chi connectivity index (χ3n) is 3.12. The minimum atomic E-state index is -0.0388. The van der Waals surface area contributed by atoms with Gasteiger partial charge in [0.05, 0.1) is 0 Å².